The summed E-state index contributed by atoms with van der Waals surface area (Å²) in [7, 11) is -0.212. The van der Waals surface area contributed by atoms with Crippen molar-refractivity contribution in [3.05, 3.63) is 41.8 Å². The van der Waals surface area contributed by atoms with Crippen LogP contribution in [-0.2, 0) is 10.0 Å². The number of hydrogen-bond acceptors (Lipinski definition) is 9. The fourth-order valence-electron chi connectivity index (χ4n) is 5.80. The van der Waals surface area contributed by atoms with Crippen LogP contribution in [-0.4, -0.2) is 83.8 Å². The first kappa shape index (κ1) is 27.8. The van der Waals surface area contributed by atoms with Gasteiger partial charge in [-0.05, 0) is 78.0 Å². The summed E-state index contributed by atoms with van der Waals surface area (Å²) in [5.74, 6) is 0.377. The summed E-state index contributed by atoms with van der Waals surface area (Å²) < 4.78 is 29.2. The van der Waals surface area contributed by atoms with Crippen LogP contribution in [0.25, 0.3) is 32.9 Å². The fourth-order valence-corrected chi connectivity index (χ4v) is 7.69. The lowest BCUT2D eigenvalue weighted by Crippen LogP contribution is -2.29. The second-order valence-corrected chi connectivity index (χ2v) is 13.8. The van der Waals surface area contributed by atoms with Crippen molar-refractivity contribution in [1.82, 2.24) is 29.1 Å². The van der Waals surface area contributed by atoms with Crippen molar-refractivity contribution in [2.45, 2.75) is 49.5 Å². The number of fused-ring (bicyclic) bond motifs is 1. The number of aromatic nitrogens is 4. The van der Waals surface area contributed by atoms with Gasteiger partial charge in [-0.2, -0.15) is 0 Å². The van der Waals surface area contributed by atoms with Crippen molar-refractivity contribution in [1.29, 1.82) is 0 Å². The van der Waals surface area contributed by atoms with Crippen LogP contribution in [0.3, 0.4) is 0 Å². The average molecular weight is 596 g/mol. The highest BCUT2D eigenvalue weighted by Gasteiger charge is 2.26. The standard InChI is InChI=1S/C28H33N7O4S2/c1-17-5-4-8-34(17)20-11-19(12-21(13-20)41(38,39)29-2)23-14-30-26-25(32-23)22(16-35(26)28(36)37)24-15-31-27(40-24)18-6-9-33(3)10-7-18/h11-18,29H,4-10H2,1-3H3,(H,36,37)/t17-/m1/s1. The molecule has 2 fully saturated rings. The second kappa shape index (κ2) is 10.8. The summed E-state index contributed by atoms with van der Waals surface area (Å²) in [5, 5.41) is 10.9. The Hall–Kier alpha value is -3.39. The Labute approximate surface area is 242 Å². The molecule has 13 heteroatoms. The number of rotatable bonds is 6. The molecule has 4 aromatic rings. The van der Waals surface area contributed by atoms with E-state index < -0.39 is 16.1 Å². The van der Waals surface area contributed by atoms with Gasteiger partial charge in [0.2, 0.25) is 10.0 Å². The van der Waals surface area contributed by atoms with Crippen LogP contribution in [0, 0.1) is 0 Å². The fraction of sp³-hybridized carbons (Fsp3) is 0.429. The Bertz CT molecular complexity index is 1720. The quantitative estimate of drug-likeness (QED) is 0.332. The molecule has 0 amide bonds. The van der Waals surface area contributed by atoms with Crippen LogP contribution >= 0.6 is 11.3 Å². The van der Waals surface area contributed by atoms with Gasteiger partial charge in [-0.3, -0.25) is 0 Å². The van der Waals surface area contributed by atoms with Crippen LogP contribution in [0.5, 0.6) is 0 Å². The van der Waals surface area contributed by atoms with E-state index in [0.717, 1.165) is 65.5 Å². The van der Waals surface area contributed by atoms with E-state index in [0.29, 0.717) is 28.3 Å². The van der Waals surface area contributed by atoms with E-state index >= 15 is 0 Å². The van der Waals surface area contributed by atoms with Gasteiger partial charge in [0, 0.05) is 47.7 Å². The molecule has 0 unspecified atom stereocenters. The average Bonchev–Trinajstić information content (AvgIpc) is 3.71. The smallest absolute Gasteiger partial charge is 0.417 e. The molecule has 2 N–H and O–H groups in total. The Morgan fingerprint density at radius 1 is 1.10 bits per heavy atom. The first-order valence-electron chi connectivity index (χ1n) is 13.8. The highest BCUT2D eigenvalue weighted by Crippen LogP contribution is 2.39. The highest BCUT2D eigenvalue weighted by atomic mass is 32.2. The highest BCUT2D eigenvalue weighted by molar-refractivity contribution is 7.89. The van der Waals surface area contributed by atoms with Crippen molar-refractivity contribution >= 4 is 44.3 Å². The maximum atomic E-state index is 12.9. The number of anilines is 1. The van der Waals surface area contributed by atoms with E-state index in [2.05, 4.69) is 33.5 Å². The molecule has 6 rings (SSSR count). The predicted molar refractivity (Wildman–Crippen MR) is 159 cm³/mol. The predicted octanol–water partition coefficient (Wildman–Crippen LogP) is 4.45. The lowest BCUT2D eigenvalue weighted by Gasteiger charge is -2.27. The zero-order chi connectivity index (χ0) is 28.9. The number of piperidine rings is 1. The molecule has 5 heterocycles. The molecule has 1 aromatic carbocycles. The number of sulfonamides is 1. The molecule has 41 heavy (non-hydrogen) atoms. The number of carbonyl (C=O) groups is 1. The number of hydrogen-bond donors (Lipinski definition) is 2. The molecule has 2 aliphatic rings. The van der Waals surface area contributed by atoms with E-state index in [9.17, 15) is 18.3 Å². The number of likely N-dealkylation sites (tertiary alicyclic amines) is 1. The van der Waals surface area contributed by atoms with Gasteiger partial charge in [0.05, 0.1) is 26.7 Å². The first-order chi connectivity index (χ1) is 19.6. The molecule has 0 spiro atoms. The third-order valence-electron chi connectivity index (χ3n) is 8.21. The van der Waals surface area contributed by atoms with E-state index in [1.165, 1.54) is 13.2 Å². The molecule has 2 saturated heterocycles. The third kappa shape index (κ3) is 5.23. The molecule has 3 aromatic heterocycles. The van der Waals surface area contributed by atoms with Gasteiger partial charge in [-0.25, -0.2) is 37.5 Å². The van der Waals surface area contributed by atoms with Gasteiger partial charge in [0.25, 0.3) is 0 Å². The van der Waals surface area contributed by atoms with Gasteiger partial charge >= 0.3 is 6.09 Å². The van der Waals surface area contributed by atoms with Crippen LogP contribution in [0.1, 0.15) is 43.5 Å². The van der Waals surface area contributed by atoms with Crippen LogP contribution < -0.4 is 9.62 Å². The number of benzene rings is 1. The first-order valence-corrected chi connectivity index (χ1v) is 16.1. The van der Waals surface area contributed by atoms with Gasteiger partial charge in [-0.15, -0.1) is 11.3 Å². The molecule has 1 atom stereocenters. The number of nitrogens with zero attached hydrogens (tertiary/aromatic N) is 6. The third-order valence-corrected chi connectivity index (χ3v) is 10.8. The zero-order valence-corrected chi connectivity index (χ0v) is 24.9. The number of carboxylic acid groups (broad SMARTS) is 1. The van der Waals surface area contributed by atoms with Crippen molar-refractivity contribution in [2.75, 3.05) is 38.6 Å². The lowest BCUT2D eigenvalue weighted by atomic mass is 9.98. The summed E-state index contributed by atoms with van der Waals surface area (Å²) in [5.41, 5.74) is 3.15. The largest absolute Gasteiger partial charge is 0.464 e. The molecule has 2 aliphatic heterocycles. The Morgan fingerprint density at radius 3 is 2.56 bits per heavy atom. The van der Waals surface area contributed by atoms with Gasteiger partial charge in [0.1, 0.15) is 5.52 Å². The Morgan fingerprint density at radius 2 is 1.88 bits per heavy atom. The van der Waals surface area contributed by atoms with E-state index in [1.807, 2.05) is 6.07 Å². The van der Waals surface area contributed by atoms with E-state index in [1.54, 1.807) is 35.9 Å². The Balaban J connectivity index is 1.46. The molecule has 0 radical (unpaired) electrons. The molecule has 11 nitrogen and oxygen atoms in total. The molecular formula is C28H33N7O4S2. The molecule has 0 aliphatic carbocycles. The summed E-state index contributed by atoms with van der Waals surface area (Å²) in [4.78, 5) is 31.7. The van der Waals surface area contributed by atoms with Gasteiger partial charge < -0.3 is 14.9 Å². The van der Waals surface area contributed by atoms with Crippen LogP contribution in [0.4, 0.5) is 10.5 Å². The van der Waals surface area contributed by atoms with Crippen molar-refractivity contribution in [3.8, 4) is 21.7 Å². The lowest BCUT2D eigenvalue weighted by molar-refractivity contribution is 0.197. The molecule has 0 bridgehead atoms. The SMILES string of the molecule is CNS(=O)(=O)c1cc(-c2cnc3c(n2)c(-c2cnc(C4CCN(C)CC4)s2)cn3C(=O)O)cc(N2CCC[C@H]2C)c1. The minimum atomic E-state index is -3.73. The number of nitrogens with one attached hydrogen (secondary N) is 1. The normalized spacial score (nSPS) is 18.9. The van der Waals surface area contributed by atoms with Crippen molar-refractivity contribution in [2.24, 2.45) is 0 Å². The molecule has 216 valence electrons. The van der Waals surface area contributed by atoms with E-state index in [-0.39, 0.29) is 16.6 Å². The van der Waals surface area contributed by atoms with Crippen molar-refractivity contribution < 1.29 is 18.3 Å². The minimum Gasteiger partial charge on any atom is -0.464 e. The molecule has 0 saturated carbocycles. The summed E-state index contributed by atoms with van der Waals surface area (Å²) >= 11 is 1.57. The summed E-state index contributed by atoms with van der Waals surface area (Å²) in [6, 6.07) is 5.50. The van der Waals surface area contributed by atoms with Crippen LogP contribution in [0.15, 0.2) is 41.7 Å². The monoisotopic (exact) mass is 595 g/mol. The van der Waals surface area contributed by atoms with Gasteiger partial charge in [0.15, 0.2) is 5.65 Å². The van der Waals surface area contributed by atoms with Crippen LogP contribution in [0.2, 0.25) is 0 Å². The van der Waals surface area contributed by atoms with Crippen molar-refractivity contribution in [3.63, 3.8) is 0 Å². The maximum Gasteiger partial charge on any atom is 0.417 e. The maximum absolute atomic E-state index is 12.9. The van der Waals surface area contributed by atoms with Gasteiger partial charge in [-0.1, -0.05) is 0 Å². The molecular weight excluding hydrogens is 562 g/mol. The summed E-state index contributed by atoms with van der Waals surface area (Å²) in [6.45, 7) is 5.01. The zero-order valence-electron chi connectivity index (χ0n) is 23.2. The topological polar surface area (TPSA) is 134 Å². The van der Waals surface area contributed by atoms with E-state index in [4.69, 9.17) is 9.97 Å². The Kier molecular flexibility index (Phi) is 7.30. The minimum absolute atomic E-state index is 0.141. The number of thiazole rings is 1. The summed E-state index contributed by atoms with van der Waals surface area (Å²) in [6.07, 6.45) is 7.82. The second-order valence-electron chi connectivity index (χ2n) is 10.9.